The maximum atomic E-state index is 10.7. The van der Waals surface area contributed by atoms with Crippen molar-refractivity contribution in [2.24, 2.45) is 0 Å². The van der Waals surface area contributed by atoms with Gasteiger partial charge in [-0.25, -0.2) is 4.79 Å². The standard InChI is InChI=1S/C10H9N3O5/c1-6-7(2-8(18-6)10(14)15)3-12-4-9(11-5-12)13(16)17/h2,4-5H,3H2,1H3,(H,14,15). The molecule has 0 spiro atoms. The van der Waals surface area contributed by atoms with Crippen LogP contribution in [0, 0.1) is 17.0 Å². The summed E-state index contributed by atoms with van der Waals surface area (Å²) in [6.07, 6.45) is 2.58. The maximum absolute atomic E-state index is 10.7. The summed E-state index contributed by atoms with van der Waals surface area (Å²) in [6.45, 7) is 1.90. The number of nitrogens with zero attached hydrogens (tertiary/aromatic N) is 3. The van der Waals surface area contributed by atoms with Crippen molar-refractivity contribution in [1.29, 1.82) is 0 Å². The number of hydrogen-bond donors (Lipinski definition) is 1. The van der Waals surface area contributed by atoms with Gasteiger partial charge in [0.1, 0.15) is 12.0 Å². The van der Waals surface area contributed by atoms with E-state index in [4.69, 9.17) is 9.52 Å². The molecule has 0 aliphatic carbocycles. The molecule has 0 saturated heterocycles. The van der Waals surface area contributed by atoms with Gasteiger partial charge in [-0.2, -0.15) is 0 Å². The molecule has 2 rings (SSSR count). The quantitative estimate of drug-likeness (QED) is 0.650. The minimum atomic E-state index is -1.15. The van der Waals surface area contributed by atoms with Gasteiger partial charge in [-0.1, -0.05) is 0 Å². The molecule has 0 fully saturated rings. The molecule has 2 heterocycles. The van der Waals surface area contributed by atoms with Crippen molar-refractivity contribution in [2.75, 3.05) is 0 Å². The minimum absolute atomic E-state index is 0.155. The first-order valence-electron chi connectivity index (χ1n) is 4.96. The van der Waals surface area contributed by atoms with Crippen LogP contribution >= 0.6 is 0 Å². The highest BCUT2D eigenvalue weighted by molar-refractivity contribution is 5.84. The largest absolute Gasteiger partial charge is 0.475 e. The molecule has 1 N–H and O–H groups in total. The average Bonchev–Trinajstić information content (AvgIpc) is 2.87. The van der Waals surface area contributed by atoms with Gasteiger partial charge in [-0.3, -0.25) is 0 Å². The zero-order chi connectivity index (χ0) is 13.3. The first-order valence-corrected chi connectivity index (χ1v) is 4.96. The van der Waals surface area contributed by atoms with Crippen LogP contribution in [-0.4, -0.2) is 25.6 Å². The number of hydrogen-bond acceptors (Lipinski definition) is 5. The fourth-order valence-electron chi connectivity index (χ4n) is 1.51. The van der Waals surface area contributed by atoms with Gasteiger partial charge in [-0.05, 0) is 22.9 Å². The van der Waals surface area contributed by atoms with Crippen LogP contribution in [0.1, 0.15) is 21.9 Å². The zero-order valence-corrected chi connectivity index (χ0v) is 9.36. The summed E-state index contributed by atoms with van der Waals surface area (Å²) in [5.74, 6) is -1.10. The fourth-order valence-corrected chi connectivity index (χ4v) is 1.51. The first kappa shape index (κ1) is 11.8. The average molecular weight is 251 g/mol. The molecule has 0 bridgehead atoms. The number of carboxylic acids is 1. The molecule has 18 heavy (non-hydrogen) atoms. The predicted molar refractivity (Wildman–Crippen MR) is 58.4 cm³/mol. The summed E-state index contributed by atoms with van der Waals surface area (Å²) in [7, 11) is 0. The Morgan fingerprint density at radius 2 is 2.39 bits per heavy atom. The van der Waals surface area contributed by atoms with E-state index < -0.39 is 10.9 Å². The van der Waals surface area contributed by atoms with Crippen molar-refractivity contribution in [2.45, 2.75) is 13.5 Å². The summed E-state index contributed by atoms with van der Waals surface area (Å²) in [4.78, 5) is 24.2. The number of aromatic nitrogens is 2. The van der Waals surface area contributed by atoms with Gasteiger partial charge in [0.2, 0.25) is 12.1 Å². The molecule has 8 nitrogen and oxygen atoms in total. The lowest BCUT2D eigenvalue weighted by Gasteiger charge is -1.97. The van der Waals surface area contributed by atoms with Crippen LogP contribution in [0.2, 0.25) is 0 Å². The van der Waals surface area contributed by atoms with Gasteiger partial charge in [0.05, 0.1) is 6.54 Å². The van der Waals surface area contributed by atoms with Gasteiger partial charge in [0, 0.05) is 5.56 Å². The number of carbonyl (C=O) groups is 1. The predicted octanol–water partition coefficient (Wildman–Crippen LogP) is 1.44. The molecule has 0 aliphatic heterocycles. The lowest BCUT2D eigenvalue weighted by molar-refractivity contribution is -0.389. The molecule has 0 unspecified atom stereocenters. The molecule has 8 heteroatoms. The van der Waals surface area contributed by atoms with Gasteiger partial charge < -0.3 is 24.2 Å². The topological polar surface area (TPSA) is 111 Å². The summed E-state index contributed by atoms with van der Waals surface area (Å²) >= 11 is 0. The van der Waals surface area contributed by atoms with Crippen molar-refractivity contribution in [1.82, 2.24) is 9.55 Å². The van der Waals surface area contributed by atoms with Crippen LogP contribution in [0.25, 0.3) is 0 Å². The highest BCUT2D eigenvalue weighted by Gasteiger charge is 2.15. The van der Waals surface area contributed by atoms with E-state index in [1.807, 2.05) is 0 Å². The van der Waals surface area contributed by atoms with Gasteiger partial charge >= 0.3 is 11.8 Å². The number of furan rings is 1. The summed E-state index contributed by atoms with van der Waals surface area (Å²) in [5.41, 5.74) is 0.639. The Bertz CT molecular complexity index is 613. The lowest BCUT2D eigenvalue weighted by Crippen LogP contribution is -1.97. The zero-order valence-electron chi connectivity index (χ0n) is 9.36. The van der Waals surface area contributed by atoms with E-state index in [1.165, 1.54) is 23.2 Å². The third-order valence-corrected chi connectivity index (χ3v) is 2.39. The second-order valence-corrected chi connectivity index (χ2v) is 3.66. The van der Waals surface area contributed by atoms with Crippen molar-refractivity contribution >= 4 is 11.8 Å². The monoisotopic (exact) mass is 251 g/mol. The van der Waals surface area contributed by atoms with Crippen LogP contribution in [0.3, 0.4) is 0 Å². The summed E-state index contributed by atoms with van der Waals surface area (Å²) < 4.78 is 6.52. The maximum Gasteiger partial charge on any atom is 0.381 e. The summed E-state index contributed by atoms with van der Waals surface area (Å²) in [6, 6.07) is 1.39. The normalized spacial score (nSPS) is 10.5. The molecule has 2 aromatic heterocycles. The molecule has 0 saturated carbocycles. The smallest absolute Gasteiger partial charge is 0.381 e. The van der Waals surface area contributed by atoms with Crippen LogP contribution in [0.5, 0.6) is 0 Å². The number of aromatic carboxylic acids is 1. The number of aryl methyl sites for hydroxylation is 1. The Labute approximate surface area is 101 Å². The molecule has 0 aliphatic rings. The Kier molecular flexibility index (Phi) is 2.84. The minimum Gasteiger partial charge on any atom is -0.475 e. The second kappa shape index (κ2) is 4.32. The Hall–Kier alpha value is -2.64. The number of rotatable bonds is 4. The molecule has 2 aromatic rings. The van der Waals surface area contributed by atoms with E-state index in [9.17, 15) is 14.9 Å². The van der Waals surface area contributed by atoms with E-state index in [2.05, 4.69) is 4.98 Å². The number of nitro groups is 1. The molecule has 0 amide bonds. The Morgan fingerprint density at radius 1 is 1.67 bits per heavy atom. The number of carboxylic acid groups (broad SMARTS) is 1. The number of imidazole rings is 1. The SMILES string of the molecule is Cc1oc(C(=O)O)cc1Cn1cnc([N+](=O)[O-])c1. The molecule has 0 radical (unpaired) electrons. The van der Waals surface area contributed by atoms with E-state index in [-0.39, 0.29) is 18.1 Å². The van der Waals surface area contributed by atoms with Crippen molar-refractivity contribution in [3.63, 3.8) is 0 Å². The van der Waals surface area contributed by atoms with Crippen LogP contribution in [0.15, 0.2) is 23.0 Å². The van der Waals surface area contributed by atoms with Crippen molar-refractivity contribution in [3.05, 3.63) is 45.8 Å². The van der Waals surface area contributed by atoms with Gasteiger partial charge in [0.25, 0.3) is 0 Å². The van der Waals surface area contributed by atoms with E-state index in [0.29, 0.717) is 11.3 Å². The Morgan fingerprint density at radius 3 is 2.89 bits per heavy atom. The first-order chi connectivity index (χ1) is 8.47. The molecule has 94 valence electrons. The van der Waals surface area contributed by atoms with E-state index >= 15 is 0 Å². The fraction of sp³-hybridized carbons (Fsp3) is 0.200. The van der Waals surface area contributed by atoms with Crippen molar-refractivity contribution in [3.8, 4) is 0 Å². The highest BCUT2D eigenvalue weighted by atomic mass is 16.6. The second-order valence-electron chi connectivity index (χ2n) is 3.66. The molecule has 0 aromatic carbocycles. The third-order valence-electron chi connectivity index (χ3n) is 2.39. The Balaban J connectivity index is 2.22. The summed E-state index contributed by atoms with van der Waals surface area (Å²) in [5, 5.41) is 19.2. The highest BCUT2D eigenvalue weighted by Crippen LogP contribution is 2.17. The van der Waals surface area contributed by atoms with Crippen LogP contribution in [0.4, 0.5) is 5.82 Å². The lowest BCUT2D eigenvalue weighted by atomic mass is 10.2. The van der Waals surface area contributed by atoms with E-state index in [0.717, 1.165) is 0 Å². The van der Waals surface area contributed by atoms with E-state index in [1.54, 1.807) is 6.92 Å². The molecule has 0 atom stereocenters. The molecular weight excluding hydrogens is 242 g/mol. The van der Waals surface area contributed by atoms with Crippen LogP contribution in [-0.2, 0) is 6.54 Å². The van der Waals surface area contributed by atoms with Crippen LogP contribution < -0.4 is 0 Å². The third kappa shape index (κ3) is 2.21. The van der Waals surface area contributed by atoms with Gasteiger partial charge in [-0.15, -0.1) is 0 Å². The van der Waals surface area contributed by atoms with Crippen molar-refractivity contribution < 1.29 is 19.2 Å². The van der Waals surface area contributed by atoms with Gasteiger partial charge in [0.15, 0.2) is 0 Å². The molecular formula is C10H9N3O5.